The number of nitrogens with two attached hydrogens (primary N) is 1. The largest absolute Gasteiger partial charge is 0.489 e. The Morgan fingerprint density at radius 1 is 1.11 bits per heavy atom. The van der Waals surface area contributed by atoms with E-state index in [0.717, 1.165) is 11.3 Å². The normalized spacial score (nSPS) is 12.2. The molecule has 0 aromatic heterocycles. The van der Waals surface area contributed by atoms with E-state index in [1.165, 1.54) is 11.1 Å². The first kappa shape index (κ1) is 12.7. The fraction of sp³-hybridized carbons (Fsp3) is 0.250. The van der Waals surface area contributed by atoms with Crippen molar-refractivity contribution in [1.29, 1.82) is 0 Å². The van der Waals surface area contributed by atoms with Crippen LogP contribution in [0.15, 0.2) is 48.5 Å². The van der Waals surface area contributed by atoms with Gasteiger partial charge in [-0.3, -0.25) is 0 Å². The molecule has 0 saturated carbocycles. The summed E-state index contributed by atoms with van der Waals surface area (Å²) in [5.74, 6) is 0.869. The molecule has 18 heavy (non-hydrogen) atoms. The highest BCUT2D eigenvalue weighted by Crippen LogP contribution is 2.19. The molecule has 0 spiro atoms. The Bertz CT molecular complexity index is 520. The molecule has 0 bridgehead atoms. The van der Waals surface area contributed by atoms with E-state index in [0.29, 0.717) is 6.61 Å². The first-order valence-electron chi connectivity index (χ1n) is 6.19. The highest BCUT2D eigenvalue weighted by atomic mass is 16.5. The number of hydrogen-bond donors (Lipinski definition) is 1. The van der Waals surface area contributed by atoms with E-state index in [9.17, 15) is 0 Å². The summed E-state index contributed by atoms with van der Waals surface area (Å²) in [4.78, 5) is 0. The van der Waals surface area contributed by atoms with Crippen LogP contribution in [0.1, 0.15) is 29.7 Å². The highest BCUT2D eigenvalue weighted by Gasteiger charge is 2.02. The minimum absolute atomic E-state index is 0.0343. The van der Waals surface area contributed by atoms with Gasteiger partial charge in [-0.25, -0.2) is 0 Å². The summed E-state index contributed by atoms with van der Waals surface area (Å²) >= 11 is 0. The topological polar surface area (TPSA) is 35.2 Å². The van der Waals surface area contributed by atoms with Gasteiger partial charge >= 0.3 is 0 Å². The van der Waals surface area contributed by atoms with Crippen LogP contribution in [0.4, 0.5) is 0 Å². The van der Waals surface area contributed by atoms with Crippen LogP contribution in [-0.4, -0.2) is 0 Å². The van der Waals surface area contributed by atoms with Crippen molar-refractivity contribution in [1.82, 2.24) is 0 Å². The number of ether oxygens (including phenoxy) is 1. The van der Waals surface area contributed by atoms with Gasteiger partial charge in [0.25, 0.3) is 0 Å². The lowest BCUT2D eigenvalue weighted by Gasteiger charge is -2.11. The fourth-order valence-corrected chi connectivity index (χ4v) is 1.82. The Hall–Kier alpha value is -1.80. The molecule has 2 nitrogen and oxygen atoms in total. The smallest absolute Gasteiger partial charge is 0.120 e. The predicted molar refractivity (Wildman–Crippen MR) is 74.6 cm³/mol. The Balaban J connectivity index is 2.07. The van der Waals surface area contributed by atoms with Crippen molar-refractivity contribution in [2.75, 3.05) is 0 Å². The van der Waals surface area contributed by atoms with Gasteiger partial charge in [0.05, 0.1) is 0 Å². The molecule has 2 N–H and O–H groups in total. The molecule has 0 unspecified atom stereocenters. The van der Waals surface area contributed by atoms with E-state index in [4.69, 9.17) is 10.5 Å². The summed E-state index contributed by atoms with van der Waals surface area (Å²) in [5.41, 5.74) is 9.42. The lowest BCUT2D eigenvalue weighted by atomic mass is 10.1. The predicted octanol–water partition coefficient (Wildman–Crippen LogP) is 3.59. The van der Waals surface area contributed by atoms with Gasteiger partial charge in [-0.05, 0) is 42.7 Å². The number of aryl methyl sites for hydroxylation is 1. The second kappa shape index (κ2) is 5.69. The van der Waals surface area contributed by atoms with E-state index in [-0.39, 0.29) is 6.04 Å². The van der Waals surface area contributed by atoms with Crippen LogP contribution in [0.5, 0.6) is 5.75 Å². The number of hydrogen-bond acceptors (Lipinski definition) is 2. The van der Waals surface area contributed by atoms with E-state index < -0.39 is 0 Å². The van der Waals surface area contributed by atoms with Crippen LogP contribution in [0.25, 0.3) is 0 Å². The fourth-order valence-electron chi connectivity index (χ4n) is 1.82. The minimum atomic E-state index is 0.0343. The summed E-state index contributed by atoms with van der Waals surface area (Å²) in [6.45, 7) is 4.66. The quantitative estimate of drug-likeness (QED) is 0.887. The third-order valence-corrected chi connectivity index (χ3v) is 3.04. The molecular formula is C16H19NO. The maximum absolute atomic E-state index is 5.86. The number of benzene rings is 2. The average Bonchev–Trinajstić information content (AvgIpc) is 2.38. The maximum Gasteiger partial charge on any atom is 0.120 e. The second-order valence-electron chi connectivity index (χ2n) is 4.58. The van der Waals surface area contributed by atoms with Crippen LogP contribution >= 0.6 is 0 Å². The number of rotatable bonds is 4. The third kappa shape index (κ3) is 3.11. The molecule has 2 aromatic rings. The van der Waals surface area contributed by atoms with Gasteiger partial charge in [0.2, 0.25) is 0 Å². The van der Waals surface area contributed by atoms with Gasteiger partial charge in [-0.2, -0.15) is 0 Å². The van der Waals surface area contributed by atoms with Crippen molar-refractivity contribution < 1.29 is 4.74 Å². The zero-order chi connectivity index (χ0) is 13.0. The van der Waals surface area contributed by atoms with Crippen molar-refractivity contribution in [2.45, 2.75) is 26.5 Å². The van der Waals surface area contributed by atoms with Crippen LogP contribution in [0, 0.1) is 6.92 Å². The molecule has 2 rings (SSSR count). The van der Waals surface area contributed by atoms with Gasteiger partial charge in [0.1, 0.15) is 12.4 Å². The molecule has 0 radical (unpaired) electrons. The molecule has 2 heteroatoms. The molecule has 0 aliphatic carbocycles. The Kier molecular flexibility index (Phi) is 4.00. The third-order valence-electron chi connectivity index (χ3n) is 3.04. The second-order valence-corrected chi connectivity index (χ2v) is 4.58. The van der Waals surface area contributed by atoms with E-state index in [1.54, 1.807) is 0 Å². The molecule has 0 fully saturated rings. The molecular weight excluding hydrogens is 222 g/mol. The van der Waals surface area contributed by atoms with Crippen molar-refractivity contribution in [3.63, 3.8) is 0 Å². The molecule has 94 valence electrons. The SMILES string of the molecule is Cc1ccccc1COc1cccc([C@@H](C)N)c1. The molecule has 2 aromatic carbocycles. The van der Waals surface area contributed by atoms with Gasteiger partial charge in [0, 0.05) is 6.04 Å². The van der Waals surface area contributed by atoms with E-state index >= 15 is 0 Å². The lowest BCUT2D eigenvalue weighted by molar-refractivity contribution is 0.305. The molecule has 0 aliphatic heterocycles. The van der Waals surface area contributed by atoms with Gasteiger partial charge < -0.3 is 10.5 Å². The zero-order valence-corrected chi connectivity index (χ0v) is 10.9. The molecule has 1 atom stereocenters. The summed E-state index contributed by atoms with van der Waals surface area (Å²) in [5, 5.41) is 0. The maximum atomic E-state index is 5.86. The molecule has 0 amide bonds. The summed E-state index contributed by atoms with van der Waals surface area (Å²) in [7, 11) is 0. The summed E-state index contributed by atoms with van der Waals surface area (Å²) < 4.78 is 5.81. The van der Waals surface area contributed by atoms with Crippen LogP contribution in [0.3, 0.4) is 0 Å². The van der Waals surface area contributed by atoms with Crippen LogP contribution in [0.2, 0.25) is 0 Å². The van der Waals surface area contributed by atoms with Crippen molar-refractivity contribution >= 4 is 0 Å². The lowest BCUT2D eigenvalue weighted by Crippen LogP contribution is -2.05. The average molecular weight is 241 g/mol. The summed E-state index contributed by atoms with van der Waals surface area (Å²) in [6.07, 6.45) is 0. The monoisotopic (exact) mass is 241 g/mol. The molecule has 0 heterocycles. The van der Waals surface area contributed by atoms with Crippen LogP contribution < -0.4 is 10.5 Å². The molecule has 0 aliphatic rings. The first-order chi connectivity index (χ1) is 8.66. The van der Waals surface area contributed by atoms with Crippen molar-refractivity contribution in [3.05, 3.63) is 65.2 Å². The highest BCUT2D eigenvalue weighted by molar-refractivity contribution is 5.31. The molecule has 0 saturated heterocycles. The van der Waals surface area contributed by atoms with Gasteiger partial charge in [0.15, 0.2) is 0 Å². The first-order valence-corrected chi connectivity index (χ1v) is 6.19. The Morgan fingerprint density at radius 2 is 1.89 bits per heavy atom. The van der Waals surface area contributed by atoms with Crippen molar-refractivity contribution in [3.8, 4) is 5.75 Å². The van der Waals surface area contributed by atoms with Crippen molar-refractivity contribution in [2.24, 2.45) is 5.73 Å². The van der Waals surface area contributed by atoms with Crippen LogP contribution in [-0.2, 0) is 6.61 Å². The minimum Gasteiger partial charge on any atom is -0.489 e. The zero-order valence-electron chi connectivity index (χ0n) is 10.9. The van der Waals surface area contributed by atoms with Gasteiger partial charge in [-0.1, -0.05) is 36.4 Å². The van der Waals surface area contributed by atoms with Gasteiger partial charge in [-0.15, -0.1) is 0 Å². The van der Waals surface area contributed by atoms with E-state index in [2.05, 4.69) is 19.1 Å². The summed E-state index contributed by atoms with van der Waals surface area (Å²) in [6, 6.07) is 16.2. The standard InChI is InChI=1S/C16H19NO/c1-12-6-3-4-7-15(12)11-18-16-9-5-8-14(10-16)13(2)17/h3-10,13H,11,17H2,1-2H3/t13-/m1/s1. The van der Waals surface area contributed by atoms with E-state index in [1.807, 2.05) is 43.3 Å². The Labute approximate surface area is 108 Å². The Morgan fingerprint density at radius 3 is 2.61 bits per heavy atom.